The molecule has 1 rings (SSSR count). The van der Waals surface area contributed by atoms with E-state index in [1.54, 1.807) is 24.3 Å². The second-order valence-corrected chi connectivity index (χ2v) is 4.52. The van der Waals surface area contributed by atoms with E-state index in [1.165, 1.54) is 0 Å². The van der Waals surface area contributed by atoms with E-state index in [-0.39, 0.29) is 18.3 Å². The lowest BCUT2D eigenvalue weighted by Crippen LogP contribution is -2.36. The molecule has 5 heteroatoms. The first-order valence-electron chi connectivity index (χ1n) is 6.95. The number of carbonyl (C=O) groups excluding carboxylic acids is 1. The van der Waals surface area contributed by atoms with Crippen molar-refractivity contribution in [1.82, 2.24) is 5.32 Å². The third-order valence-electron chi connectivity index (χ3n) is 2.71. The standard InChI is InChI=1S/C16H20N4O/c1-2-3-4-5-6-7-15(21)20-16(18)19-14-10-8-13(12-17)9-11-14/h5-6,8-11H,2-4,7H2,1H3,(H3,18,19,20,21)/b6-5+. The summed E-state index contributed by atoms with van der Waals surface area (Å²) in [7, 11) is 0. The number of rotatable bonds is 6. The van der Waals surface area contributed by atoms with Gasteiger partial charge in [-0.05, 0) is 30.7 Å². The Hall–Kier alpha value is -2.61. The zero-order chi connectivity index (χ0) is 15.5. The van der Waals surface area contributed by atoms with Crippen LogP contribution in [0, 0.1) is 11.3 Å². The summed E-state index contributed by atoms with van der Waals surface area (Å²) in [6.45, 7) is 2.13. The lowest BCUT2D eigenvalue weighted by atomic mass is 10.2. The van der Waals surface area contributed by atoms with Crippen LogP contribution < -0.4 is 11.1 Å². The van der Waals surface area contributed by atoms with Crippen LogP contribution in [-0.4, -0.2) is 11.9 Å². The van der Waals surface area contributed by atoms with Crippen LogP contribution in [0.25, 0.3) is 0 Å². The Bertz CT molecular complexity index is 553. The number of aliphatic imine (C=N–C) groups is 1. The lowest BCUT2D eigenvalue weighted by Gasteiger charge is -2.02. The second kappa shape index (κ2) is 9.32. The van der Waals surface area contributed by atoms with Crippen molar-refractivity contribution < 1.29 is 4.79 Å². The number of carbonyl (C=O) groups is 1. The smallest absolute Gasteiger partial charge is 0.230 e. The Morgan fingerprint density at radius 3 is 2.71 bits per heavy atom. The van der Waals surface area contributed by atoms with Crippen molar-refractivity contribution in [2.24, 2.45) is 10.7 Å². The highest BCUT2D eigenvalue weighted by Gasteiger charge is 2.01. The van der Waals surface area contributed by atoms with Gasteiger partial charge in [0.1, 0.15) is 0 Å². The van der Waals surface area contributed by atoms with Crippen LogP contribution in [0.2, 0.25) is 0 Å². The largest absolute Gasteiger partial charge is 0.369 e. The summed E-state index contributed by atoms with van der Waals surface area (Å²) in [5.74, 6) is -0.149. The lowest BCUT2D eigenvalue weighted by molar-refractivity contribution is -0.118. The quantitative estimate of drug-likeness (QED) is 0.364. The van der Waals surface area contributed by atoms with Gasteiger partial charge in [-0.1, -0.05) is 31.9 Å². The maximum absolute atomic E-state index is 11.6. The fourth-order valence-electron chi connectivity index (χ4n) is 1.60. The molecule has 110 valence electrons. The van der Waals surface area contributed by atoms with Crippen molar-refractivity contribution in [2.45, 2.75) is 32.6 Å². The van der Waals surface area contributed by atoms with Gasteiger partial charge in [0.2, 0.25) is 11.9 Å². The summed E-state index contributed by atoms with van der Waals surface area (Å²) in [6.07, 6.45) is 7.37. The van der Waals surface area contributed by atoms with Crippen molar-refractivity contribution in [2.75, 3.05) is 0 Å². The molecule has 1 amide bonds. The number of nitrogens with zero attached hydrogens (tertiary/aromatic N) is 2. The number of amides is 1. The normalized spacial score (nSPS) is 11.3. The molecule has 0 spiro atoms. The molecule has 0 bridgehead atoms. The number of guanidine groups is 1. The SMILES string of the molecule is CCCC/C=C/CC(=O)NC(N)=Nc1ccc(C#N)cc1. The number of nitriles is 1. The van der Waals surface area contributed by atoms with Crippen LogP contribution in [0.4, 0.5) is 5.69 Å². The second-order valence-electron chi connectivity index (χ2n) is 4.52. The van der Waals surface area contributed by atoms with Gasteiger partial charge >= 0.3 is 0 Å². The maximum atomic E-state index is 11.6. The molecule has 21 heavy (non-hydrogen) atoms. The Balaban J connectivity index is 2.45. The molecule has 0 aliphatic heterocycles. The van der Waals surface area contributed by atoms with Crippen molar-refractivity contribution in [3.63, 3.8) is 0 Å². The maximum Gasteiger partial charge on any atom is 0.230 e. The molecular formula is C16H20N4O. The minimum Gasteiger partial charge on any atom is -0.369 e. The molecule has 0 heterocycles. The van der Waals surface area contributed by atoms with E-state index in [2.05, 4.69) is 17.2 Å². The summed E-state index contributed by atoms with van der Waals surface area (Å²) in [4.78, 5) is 15.7. The summed E-state index contributed by atoms with van der Waals surface area (Å²) in [5, 5.41) is 11.2. The molecule has 0 saturated heterocycles. The van der Waals surface area contributed by atoms with Crippen molar-refractivity contribution >= 4 is 17.6 Å². The summed E-state index contributed by atoms with van der Waals surface area (Å²) in [6, 6.07) is 8.64. The number of hydrogen-bond acceptors (Lipinski definition) is 3. The summed E-state index contributed by atoms with van der Waals surface area (Å²) >= 11 is 0. The highest BCUT2D eigenvalue weighted by Crippen LogP contribution is 2.11. The molecule has 1 aromatic rings. The van der Waals surface area contributed by atoms with Gasteiger partial charge in [-0.3, -0.25) is 10.1 Å². The monoisotopic (exact) mass is 284 g/mol. The molecule has 3 N–H and O–H groups in total. The zero-order valence-electron chi connectivity index (χ0n) is 12.2. The van der Waals surface area contributed by atoms with E-state index >= 15 is 0 Å². The topological polar surface area (TPSA) is 91.3 Å². The molecule has 0 aromatic heterocycles. The zero-order valence-corrected chi connectivity index (χ0v) is 12.2. The van der Waals surface area contributed by atoms with Crippen LogP contribution in [0.15, 0.2) is 41.4 Å². The van der Waals surface area contributed by atoms with Crippen molar-refractivity contribution in [3.05, 3.63) is 42.0 Å². The fraction of sp³-hybridized carbons (Fsp3) is 0.312. The third-order valence-corrected chi connectivity index (χ3v) is 2.71. The minimum absolute atomic E-state index is 0.0478. The molecule has 0 aliphatic carbocycles. The molecule has 0 radical (unpaired) electrons. The highest BCUT2D eigenvalue weighted by atomic mass is 16.1. The van der Waals surface area contributed by atoms with E-state index in [0.717, 1.165) is 19.3 Å². The first kappa shape index (κ1) is 16.4. The van der Waals surface area contributed by atoms with Gasteiger partial charge in [-0.25, -0.2) is 4.99 Å². The molecule has 5 nitrogen and oxygen atoms in total. The number of nitrogens with one attached hydrogen (secondary N) is 1. The van der Waals surface area contributed by atoms with Crippen molar-refractivity contribution in [1.29, 1.82) is 5.26 Å². The molecular weight excluding hydrogens is 264 g/mol. The Kier molecular flexibility index (Phi) is 7.30. The predicted molar refractivity (Wildman–Crippen MR) is 83.9 cm³/mol. The van der Waals surface area contributed by atoms with Crippen molar-refractivity contribution in [3.8, 4) is 6.07 Å². The van der Waals surface area contributed by atoms with Gasteiger partial charge in [0, 0.05) is 6.42 Å². The first-order chi connectivity index (χ1) is 10.2. The first-order valence-corrected chi connectivity index (χ1v) is 6.95. The number of hydrogen-bond donors (Lipinski definition) is 2. The summed E-state index contributed by atoms with van der Waals surface area (Å²) in [5.41, 5.74) is 6.80. The van der Waals surface area contributed by atoms with Gasteiger partial charge in [0.25, 0.3) is 0 Å². The van der Waals surface area contributed by atoms with Crippen LogP contribution in [0.5, 0.6) is 0 Å². The molecule has 0 saturated carbocycles. The Labute approximate surface area is 125 Å². The van der Waals surface area contributed by atoms with E-state index < -0.39 is 0 Å². The van der Waals surface area contributed by atoms with Crippen LogP contribution in [-0.2, 0) is 4.79 Å². The van der Waals surface area contributed by atoms with E-state index in [0.29, 0.717) is 11.3 Å². The average Bonchev–Trinajstić information content (AvgIpc) is 2.47. The van der Waals surface area contributed by atoms with Crippen LogP contribution in [0.3, 0.4) is 0 Å². The molecule has 0 unspecified atom stereocenters. The Morgan fingerprint density at radius 2 is 2.10 bits per heavy atom. The van der Waals surface area contributed by atoms with Crippen LogP contribution >= 0.6 is 0 Å². The van der Waals surface area contributed by atoms with Gasteiger partial charge in [0.05, 0.1) is 17.3 Å². The van der Waals surface area contributed by atoms with E-state index in [4.69, 9.17) is 11.0 Å². The molecule has 0 fully saturated rings. The van der Waals surface area contributed by atoms with E-state index in [1.807, 2.05) is 18.2 Å². The highest BCUT2D eigenvalue weighted by molar-refractivity contribution is 5.97. The average molecular weight is 284 g/mol. The van der Waals surface area contributed by atoms with Gasteiger partial charge in [-0.15, -0.1) is 0 Å². The van der Waals surface area contributed by atoms with Crippen LogP contribution in [0.1, 0.15) is 38.2 Å². The molecule has 0 atom stereocenters. The minimum atomic E-state index is -0.197. The van der Waals surface area contributed by atoms with Gasteiger partial charge in [-0.2, -0.15) is 5.26 Å². The number of benzene rings is 1. The number of allylic oxidation sites excluding steroid dienone is 1. The predicted octanol–water partition coefficient (Wildman–Crippen LogP) is 2.76. The molecule has 1 aromatic carbocycles. The third kappa shape index (κ3) is 6.92. The van der Waals surface area contributed by atoms with E-state index in [9.17, 15) is 4.79 Å². The summed E-state index contributed by atoms with van der Waals surface area (Å²) < 4.78 is 0. The van der Waals surface area contributed by atoms with Gasteiger partial charge < -0.3 is 5.73 Å². The Morgan fingerprint density at radius 1 is 1.38 bits per heavy atom. The molecule has 0 aliphatic rings. The number of unbranched alkanes of at least 4 members (excludes halogenated alkanes) is 2. The fourth-order valence-corrected chi connectivity index (χ4v) is 1.60. The van der Waals surface area contributed by atoms with Gasteiger partial charge in [0.15, 0.2) is 0 Å². The number of nitrogens with two attached hydrogens (primary N) is 1.